The van der Waals surface area contributed by atoms with E-state index in [1.807, 2.05) is 13.0 Å². The Morgan fingerprint density at radius 1 is 1.11 bits per heavy atom. The summed E-state index contributed by atoms with van der Waals surface area (Å²) in [6.07, 6.45) is 0. The maximum atomic E-state index is 5.92. The van der Waals surface area contributed by atoms with Crippen LogP contribution in [0, 0.1) is 13.8 Å². The maximum Gasteiger partial charge on any atom is 0.224 e. The standard InChI is InChI=1S/C15H17ClN2O/c1-9(2)12-6-5-10(3)7-13(12)19-15-8-14(16)17-11(4)18-15/h5-9H,1-4H3. The minimum absolute atomic E-state index is 0.383. The number of hydrogen-bond acceptors (Lipinski definition) is 3. The molecule has 0 aliphatic heterocycles. The van der Waals surface area contributed by atoms with Crippen LogP contribution in [0.5, 0.6) is 11.6 Å². The molecule has 0 unspecified atom stereocenters. The summed E-state index contributed by atoms with van der Waals surface area (Å²) in [4.78, 5) is 8.27. The highest BCUT2D eigenvalue weighted by Crippen LogP contribution is 2.31. The number of benzene rings is 1. The van der Waals surface area contributed by atoms with Gasteiger partial charge in [0.15, 0.2) is 0 Å². The summed E-state index contributed by atoms with van der Waals surface area (Å²) >= 11 is 5.92. The van der Waals surface area contributed by atoms with Gasteiger partial charge in [0.25, 0.3) is 0 Å². The molecule has 0 aliphatic carbocycles. The van der Waals surface area contributed by atoms with Gasteiger partial charge in [0.05, 0.1) is 0 Å². The molecule has 1 aromatic carbocycles. The predicted octanol–water partition coefficient (Wildman–Crippen LogP) is 4.66. The highest BCUT2D eigenvalue weighted by molar-refractivity contribution is 6.29. The Bertz CT molecular complexity index is 576. The number of aromatic nitrogens is 2. The minimum Gasteiger partial charge on any atom is -0.439 e. The lowest BCUT2D eigenvalue weighted by Gasteiger charge is -2.14. The summed E-state index contributed by atoms with van der Waals surface area (Å²) in [5.74, 6) is 2.28. The van der Waals surface area contributed by atoms with E-state index in [2.05, 4.69) is 35.9 Å². The molecular formula is C15H17ClN2O. The largest absolute Gasteiger partial charge is 0.439 e. The molecule has 0 atom stereocenters. The molecule has 0 N–H and O–H groups in total. The fourth-order valence-electron chi connectivity index (χ4n) is 1.88. The summed E-state index contributed by atoms with van der Waals surface area (Å²) < 4.78 is 5.88. The Balaban J connectivity index is 2.39. The monoisotopic (exact) mass is 276 g/mol. The SMILES string of the molecule is Cc1ccc(C(C)C)c(Oc2cc(Cl)nc(C)n2)c1. The van der Waals surface area contributed by atoms with Gasteiger partial charge in [-0.3, -0.25) is 0 Å². The maximum absolute atomic E-state index is 5.92. The average molecular weight is 277 g/mol. The molecule has 19 heavy (non-hydrogen) atoms. The van der Waals surface area contributed by atoms with Gasteiger partial charge in [-0.15, -0.1) is 0 Å². The fourth-order valence-corrected chi connectivity index (χ4v) is 2.09. The first-order chi connectivity index (χ1) is 8.95. The van der Waals surface area contributed by atoms with Crippen LogP contribution in [0.1, 0.15) is 36.7 Å². The van der Waals surface area contributed by atoms with Crippen LogP contribution in [0.25, 0.3) is 0 Å². The Labute approximate surface area is 118 Å². The van der Waals surface area contributed by atoms with Gasteiger partial charge < -0.3 is 4.74 Å². The third-order valence-electron chi connectivity index (χ3n) is 2.79. The van der Waals surface area contributed by atoms with E-state index < -0.39 is 0 Å². The van der Waals surface area contributed by atoms with Crippen LogP contribution in [0.2, 0.25) is 5.15 Å². The Hall–Kier alpha value is -1.61. The van der Waals surface area contributed by atoms with E-state index in [1.54, 1.807) is 13.0 Å². The molecule has 0 fully saturated rings. The summed E-state index contributed by atoms with van der Waals surface area (Å²) in [7, 11) is 0. The van der Waals surface area contributed by atoms with E-state index in [0.717, 1.165) is 16.9 Å². The number of hydrogen-bond donors (Lipinski definition) is 0. The smallest absolute Gasteiger partial charge is 0.224 e. The molecular weight excluding hydrogens is 260 g/mol. The topological polar surface area (TPSA) is 35.0 Å². The summed E-state index contributed by atoms with van der Waals surface area (Å²) in [5, 5.41) is 0.390. The Morgan fingerprint density at radius 2 is 1.84 bits per heavy atom. The molecule has 0 radical (unpaired) electrons. The first-order valence-electron chi connectivity index (χ1n) is 6.25. The van der Waals surface area contributed by atoms with Crippen LogP contribution in [0.3, 0.4) is 0 Å². The zero-order chi connectivity index (χ0) is 14.0. The zero-order valence-corrected chi connectivity index (χ0v) is 12.3. The number of ether oxygens (including phenoxy) is 1. The van der Waals surface area contributed by atoms with E-state index in [0.29, 0.717) is 22.8 Å². The van der Waals surface area contributed by atoms with Crippen molar-refractivity contribution in [3.05, 3.63) is 46.4 Å². The first-order valence-corrected chi connectivity index (χ1v) is 6.63. The summed E-state index contributed by atoms with van der Waals surface area (Å²) in [6, 6.07) is 7.81. The van der Waals surface area contributed by atoms with Crippen molar-refractivity contribution < 1.29 is 4.74 Å². The molecule has 0 saturated carbocycles. The second-order valence-electron chi connectivity index (χ2n) is 4.87. The van der Waals surface area contributed by atoms with Crippen molar-refractivity contribution in [3.8, 4) is 11.6 Å². The van der Waals surface area contributed by atoms with E-state index in [-0.39, 0.29) is 0 Å². The summed E-state index contributed by atoms with van der Waals surface area (Å²) in [6.45, 7) is 8.10. The molecule has 100 valence electrons. The third kappa shape index (κ3) is 3.44. The minimum atomic E-state index is 0.383. The molecule has 1 heterocycles. The van der Waals surface area contributed by atoms with Gasteiger partial charge >= 0.3 is 0 Å². The lowest BCUT2D eigenvalue weighted by Crippen LogP contribution is -1.98. The van der Waals surface area contributed by atoms with Crippen molar-refractivity contribution in [1.29, 1.82) is 0 Å². The molecule has 1 aromatic heterocycles. The summed E-state index contributed by atoms with van der Waals surface area (Å²) in [5.41, 5.74) is 2.30. The van der Waals surface area contributed by atoms with E-state index in [1.165, 1.54) is 0 Å². The van der Waals surface area contributed by atoms with E-state index in [4.69, 9.17) is 16.3 Å². The van der Waals surface area contributed by atoms with Crippen LogP contribution in [-0.4, -0.2) is 9.97 Å². The first kappa shape index (κ1) is 13.8. The fraction of sp³-hybridized carbons (Fsp3) is 0.333. The van der Waals surface area contributed by atoms with Crippen LogP contribution in [0.4, 0.5) is 0 Å². The molecule has 0 bridgehead atoms. The van der Waals surface area contributed by atoms with Crippen molar-refractivity contribution in [2.24, 2.45) is 0 Å². The zero-order valence-electron chi connectivity index (χ0n) is 11.6. The van der Waals surface area contributed by atoms with Crippen LogP contribution < -0.4 is 4.74 Å². The second kappa shape index (κ2) is 5.57. The van der Waals surface area contributed by atoms with Crippen LogP contribution in [0.15, 0.2) is 24.3 Å². The molecule has 0 aliphatic rings. The van der Waals surface area contributed by atoms with E-state index in [9.17, 15) is 0 Å². The van der Waals surface area contributed by atoms with Crippen molar-refractivity contribution >= 4 is 11.6 Å². The molecule has 4 heteroatoms. The number of nitrogens with zero attached hydrogens (tertiary/aromatic N) is 2. The van der Waals surface area contributed by atoms with Crippen LogP contribution >= 0.6 is 11.6 Å². The van der Waals surface area contributed by atoms with Gasteiger partial charge in [-0.05, 0) is 37.0 Å². The predicted molar refractivity (Wildman–Crippen MR) is 77.1 cm³/mol. The lowest BCUT2D eigenvalue weighted by atomic mass is 10.0. The van der Waals surface area contributed by atoms with Crippen molar-refractivity contribution in [2.45, 2.75) is 33.6 Å². The van der Waals surface area contributed by atoms with Gasteiger partial charge in [0.1, 0.15) is 16.7 Å². The second-order valence-corrected chi connectivity index (χ2v) is 5.26. The highest BCUT2D eigenvalue weighted by Gasteiger charge is 2.10. The lowest BCUT2D eigenvalue weighted by molar-refractivity contribution is 0.451. The van der Waals surface area contributed by atoms with Gasteiger partial charge in [-0.25, -0.2) is 4.98 Å². The number of halogens is 1. The Morgan fingerprint density at radius 3 is 2.47 bits per heavy atom. The van der Waals surface area contributed by atoms with Gasteiger partial charge in [-0.2, -0.15) is 4.98 Å². The normalized spacial score (nSPS) is 10.8. The molecule has 0 amide bonds. The van der Waals surface area contributed by atoms with Gasteiger partial charge in [0, 0.05) is 6.07 Å². The van der Waals surface area contributed by atoms with Gasteiger partial charge in [0.2, 0.25) is 5.88 Å². The Kier molecular flexibility index (Phi) is 4.05. The highest BCUT2D eigenvalue weighted by atomic mass is 35.5. The molecule has 2 rings (SSSR count). The van der Waals surface area contributed by atoms with Crippen molar-refractivity contribution in [3.63, 3.8) is 0 Å². The quantitative estimate of drug-likeness (QED) is 0.765. The van der Waals surface area contributed by atoms with Gasteiger partial charge in [-0.1, -0.05) is 37.6 Å². The molecule has 0 spiro atoms. The molecule has 2 aromatic rings. The van der Waals surface area contributed by atoms with Crippen molar-refractivity contribution in [2.75, 3.05) is 0 Å². The van der Waals surface area contributed by atoms with E-state index >= 15 is 0 Å². The van der Waals surface area contributed by atoms with Crippen molar-refractivity contribution in [1.82, 2.24) is 9.97 Å². The number of aryl methyl sites for hydroxylation is 2. The molecule has 3 nitrogen and oxygen atoms in total. The van der Waals surface area contributed by atoms with Crippen LogP contribution in [-0.2, 0) is 0 Å². The average Bonchev–Trinajstić information content (AvgIpc) is 2.26. The third-order valence-corrected chi connectivity index (χ3v) is 2.98. The molecule has 0 saturated heterocycles. The number of rotatable bonds is 3.